The number of unbranched alkanes of at least 4 members (excludes halogenated alkanes) is 13. The van der Waals surface area contributed by atoms with E-state index in [0.29, 0.717) is 6.42 Å². The molecule has 0 heterocycles. The van der Waals surface area contributed by atoms with Crippen molar-refractivity contribution >= 4 is 0 Å². The van der Waals surface area contributed by atoms with Gasteiger partial charge in [0.05, 0.1) is 18.8 Å². The summed E-state index contributed by atoms with van der Waals surface area (Å²) >= 11 is 0. The van der Waals surface area contributed by atoms with Crippen molar-refractivity contribution in [1.29, 1.82) is 0 Å². The lowest BCUT2D eigenvalue weighted by Gasteiger charge is -2.24. The molecule has 1 rings (SSSR count). The minimum atomic E-state index is -0.776. The van der Waals surface area contributed by atoms with Gasteiger partial charge in [0.25, 0.3) is 0 Å². The summed E-state index contributed by atoms with van der Waals surface area (Å²) in [6.45, 7) is -0.256. The first kappa shape index (κ1) is 25.1. The maximum absolute atomic E-state index is 9.16. The molecule has 0 spiro atoms. The van der Waals surface area contributed by atoms with Crippen LogP contribution in [0.2, 0.25) is 0 Å². The van der Waals surface area contributed by atoms with E-state index in [1.54, 1.807) is 0 Å². The number of hydrogen-bond acceptors (Lipinski definition) is 3. The fourth-order valence-electron chi connectivity index (χ4n) is 3.78. The van der Waals surface area contributed by atoms with Gasteiger partial charge in [0.1, 0.15) is 0 Å². The van der Waals surface area contributed by atoms with Crippen LogP contribution in [0.4, 0.5) is 0 Å². The second-order valence-electron chi connectivity index (χ2n) is 8.61. The summed E-state index contributed by atoms with van der Waals surface area (Å²) < 4.78 is 0. The van der Waals surface area contributed by atoms with E-state index >= 15 is 0 Å². The Balaban J connectivity index is 1.75. The molecule has 1 aromatic rings. The minimum absolute atomic E-state index is 0.128. The average Bonchev–Trinajstić information content (AvgIpc) is 2.74. The van der Waals surface area contributed by atoms with Gasteiger partial charge in [0, 0.05) is 0 Å². The molecule has 0 bridgehead atoms. The van der Waals surface area contributed by atoms with Gasteiger partial charge in [-0.2, -0.15) is 0 Å². The Labute approximate surface area is 173 Å². The zero-order chi connectivity index (χ0) is 20.3. The third-order valence-electron chi connectivity index (χ3n) is 5.86. The lowest BCUT2D eigenvalue weighted by Crippen LogP contribution is -2.47. The summed E-state index contributed by atoms with van der Waals surface area (Å²) in [7, 11) is 0. The van der Waals surface area contributed by atoms with Crippen LogP contribution in [0.25, 0.3) is 0 Å². The monoisotopic (exact) mass is 391 g/mol. The van der Waals surface area contributed by atoms with Crippen molar-refractivity contribution in [2.24, 2.45) is 5.73 Å². The first-order valence-electron chi connectivity index (χ1n) is 11.7. The first-order valence-corrected chi connectivity index (χ1v) is 11.7. The predicted octanol–water partition coefficient (Wildman–Crippen LogP) is 5.76. The molecule has 28 heavy (non-hydrogen) atoms. The van der Waals surface area contributed by atoms with Crippen LogP contribution < -0.4 is 5.73 Å². The molecule has 1 aromatic carbocycles. The SMILES string of the molecule is NC(CO)(CO)CCCCCCCCCCCCCCCCc1ccccc1. The van der Waals surface area contributed by atoms with Crippen molar-refractivity contribution < 1.29 is 10.2 Å². The van der Waals surface area contributed by atoms with Crippen LogP contribution in [0.5, 0.6) is 0 Å². The number of rotatable bonds is 19. The van der Waals surface area contributed by atoms with Gasteiger partial charge in [-0.25, -0.2) is 0 Å². The third-order valence-corrected chi connectivity index (χ3v) is 5.86. The smallest absolute Gasteiger partial charge is 0.0633 e. The summed E-state index contributed by atoms with van der Waals surface area (Å²) in [5, 5.41) is 18.3. The van der Waals surface area contributed by atoms with Crippen LogP contribution in [-0.4, -0.2) is 29.0 Å². The highest BCUT2D eigenvalue weighted by atomic mass is 16.3. The number of aliphatic hydroxyl groups is 2. The van der Waals surface area contributed by atoms with Gasteiger partial charge in [-0.3, -0.25) is 0 Å². The first-order chi connectivity index (χ1) is 13.7. The zero-order valence-corrected chi connectivity index (χ0v) is 18.1. The number of aryl methyl sites for hydroxylation is 1. The van der Waals surface area contributed by atoms with Crippen molar-refractivity contribution in [3.63, 3.8) is 0 Å². The lowest BCUT2D eigenvalue weighted by molar-refractivity contribution is 0.112. The normalized spacial score (nSPS) is 11.8. The highest BCUT2D eigenvalue weighted by Crippen LogP contribution is 2.16. The zero-order valence-electron chi connectivity index (χ0n) is 18.1. The molecule has 0 aliphatic carbocycles. The largest absolute Gasteiger partial charge is 0.394 e. The molecule has 0 radical (unpaired) electrons. The third kappa shape index (κ3) is 13.3. The van der Waals surface area contributed by atoms with Gasteiger partial charge in [0.2, 0.25) is 0 Å². The molecule has 162 valence electrons. The topological polar surface area (TPSA) is 66.5 Å². The Kier molecular flexibility index (Phi) is 15.3. The Morgan fingerprint density at radius 1 is 0.571 bits per heavy atom. The van der Waals surface area contributed by atoms with Gasteiger partial charge in [-0.15, -0.1) is 0 Å². The molecule has 0 aliphatic heterocycles. The number of benzene rings is 1. The Morgan fingerprint density at radius 2 is 0.964 bits per heavy atom. The second kappa shape index (κ2) is 17.0. The standard InChI is InChI=1S/C25H45NO2/c26-25(22-27,23-28)21-17-12-10-8-6-4-2-1-3-5-7-9-11-14-18-24-19-15-13-16-20-24/h13,15-16,19-20,27-28H,1-12,14,17-18,21-23,26H2. The molecule has 0 aromatic heterocycles. The van der Waals surface area contributed by atoms with E-state index < -0.39 is 5.54 Å². The van der Waals surface area contributed by atoms with E-state index in [9.17, 15) is 0 Å². The quantitative estimate of drug-likeness (QED) is 0.263. The van der Waals surface area contributed by atoms with E-state index in [4.69, 9.17) is 15.9 Å². The molecule has 0 unspecified atom stereocenters. The van der Waals surface area contributed by atoms with Crippen molar-refractivity contribution in [3.05, 3.63) is 35.9 Å². The maximum Gasteiger partial charge on any atom is 0.0633 e. The van der Waals surface area contributed by atoms with Gasteiger partial charge < -0.3 is 15.9 Å². The minimum Gasteiger partial charge on any atom is -0.394 e. The fraction of sp³-hybridized carbons (Fsp3) is 0.760. The lowest BCUT2D eigenvalue weighted by atomic mass is 9.94. The van der Waals surface area contributed by atoms with E-state index in [1.165, 1.54) is 89.0 Å². The summed E-state index contributed by atoms with van der Waals surface area (Å²) in [6, 6.07) is 10.8. The molecule has 0 saturated heterocycles. The molecule has 0 atom stereocenters. The maximum atomic E-state index is 9.16. The van der Waals surface area contributed by atoms with Crippen LogP contribution in [0.3, 0.4) is 0 Å². The Bertz CT molecular complexity index is 445. The molecule has 0 aliphatic rings. The van der Waals surface area contributed by atoms with Crippen LogP contribution in [-0.2, 0) is 6.42 Å². The van der Waals surface area contributed by atoms with Gasteiger partial charge in [-0.1, -0.05) is 114 Å². The molecular weight excluding hydrogens is 346 g/mol. The van der Waals surface area contributed by atoms with Gasteiger partial charge >= 0.3 is 0 Å². The number of aliphatic hydroxyl groups excluding tert-OH is 2. The van der Waals surface area contributed by atoms with Crippen LogP contribution >= 0.6 is 0 Å². The number of nitrogens with two attached hydrogens (primary N) is 1. The Morgan fingerprint density at radius 3 is 1.39 bits per heavy atom. The van der Waals surface area contributed by atoms with Gasteiger partial charge in [-0.05, 0) is 24.8 Å². The molecule has 0 amide bonds. The van der Waals surface area contributed by atoms with Gasteiger partial charge in [0.15, 0.2) is 0 Å². The van der Waals surface area contributed by atoms with Crippen molar-refractivity contribution in [2.45, 2.75) is 108 Å². The van der Waals surface area contributed by atoms with E-state index in [-0.39, 0.29) is 13.2 Å². The summed E-state index contributed by atoms with van der Waals surface area (Å²) in [5.74, 6) is 0. The molecule has 3 nitrogen and oxygen atoms in total. The molecule has 3 heteroatoms. The summed E-state index contributed by atoms with van der Waals surface area (Å²) in [4.78, 5) is 0. The van der Waals surface area contributed by atoms with Crippen LogP contribution in [0.15, 0.2) is 30.3 Å². The van der Waals surface area contributed by atoms with Crippen LogP contribution in [0, 0.1) is 0 Å². The predicted molar refractivity (Wildman–Crippen MR) is 120 cm³/mol. The highest BCUT2D eigenvalue weighted by molar-refractivity contribution is 5.14. The number of hydrogen-bond donors (Lipinski definition) is 3. The second-order valence-corrected chi connectivity index (χ2v) is 8.61. The molecule has 4 N–H and O–H groups in total. The van der Waals surface area contributed by atoms with E-state index in [0.717, 1.165) is 12.8 Å². The van der Waals surface area contributed by atoms with Crippen molar-refractivity contribution in [3.8, 4) is 0 Å². The van der Waals surface area contributed by atoms with Crippen molar-refractivity contribution in [2.75, 3.05) is 13.2 Å². The molecule has 0 saturated carbocycles. The summed E-state index contributed by atoms with van der Waals surface area (Å²) in [5.41, 5.74) is 6.58. The molecular formula is C25H45NO2. The molecule has 0 fully saturated rings. The van der Waals surface area contributed by atoms with E-state index in [1.807, 2.05) is 0 Å². The highest BCUT2D eigenvalue weighted by Gasteiger charge is 2.21. The Hall–Kier alpha value is -0.900. The summed E-state index contributed by atoms with van der Waals surface area (Å²) in [6.07, 6.45) is 20.4. The fourth-order valence-corrected chi connectivity index (χ4v) is 3.78. The van der Waals surface area contributed by atoms with Crippen LogP contribution in [0.1, 0.15) is 102 Å². The average molecular weight is 392 g/mol. The van der Waals surface area contributed by atoms with E-state index in [2.05, 4.69) is 30.3 Å². The van der Waals surface area contributed by atoms with Crippen molar-refractivity contribution in [1.82, 2.24) is 0 Å².